The lowest BCUT2D eigenvalue weighted by atomic mass is 9.86. The molecule has 2 fully saturated rings. The van der Waals surface area contributed by atoms with Crippen molar-refractivity contribution >= 4 is 23.5 Å². The van der Waals surface area contributed by atoms with E-state index in [0.717, 1.165) is 31.2 Å². The number of carbonyl (C=O) groups is 4. The molecule has 35 heavy (non-hydrogen) atoms. The minimum atomic E-state index is -0.914. The first-order chi connectivity index (χ1) is 16.9. The van der Waals surface area contributed by atoms with Crippen LogP contribution in [0.4, 0.5) is 0 Å². The summed E-state index contributed by atoms with van der Waals surface area (Å²) in [6.07, 6.45) is 9.11. The molecule has 0 bridgehead atoms. The number of carbonyl (C=O) groups excluding carboxylic acids is 4. The molecule has 1 heterocycles. The summed E-state index contributed by atoms with van der Waals surface area (Å²) in [6, 6.07) is 8.38. The van der Waals surface area contributed by atoms with Gasteiger partial charge in [0, 0.05) is 25.4 Å². The summed E-state index contributed by atoms with van der Waals surface area (Å²) >= 11 is 0. The molecule has 0 aromatic heterocycles. The number of likely N-dealkylation sites (tertiary alicyclic amines) is 1. The van der Waals surface area contributed by atoms with Crippen LogP contribution >= 0.6 is 0 Å². The first kappa shape index (κ1) is 26.6. The molecule has 3 rings (SSSR count). The van der Waals surface area contributed by atoms with E-state index in [1.165, 1.54) is 12.5 Å². The Morgan fingerprint density at radius 2 is 1.83 bits per heavy atom. The van der Waals surface area contributed by atoms with Crippen LogP contribution in [0.25, 0.3) is 0 Å². The summed E-state index contributed by atoms with van der Waals surface area (Å²) in [7, 11) is 0. The van der Waals surface area contributed by atoms with E-state index in [4.69, 9.17) is 0 Å². The van der Waals surface area contributed by atoms with Gasteiger partial charge in [-0.2, -0.15) is 0 Å². The Hall–Kier alpha value is -2.96. The lowest BCUT2D eigenvalue weighted by Gasteiger charge is -2.28. The zero-order chi connectivity index (χ0) is 25.2. The molecule has 1 aromatic carbocycles. The number of ketones is 1. The van der Waals surface area contributed by atoms with Crippen molar-refractivity contribution in [2.24, 2.45) is 5.92 Å². The van der Waals surface area contributed by atoms with Gasteiger partial charge in [0.05, 0.1) is 6.04 Å². The van der Waals surface area contributed by atoms with E-state index in [0.29, 0.717) is 38.1 Å². The summed E-state index contributed by atoms with van der Waals surface area (Å²) in [4.78, 5) is 53.5. The summed E-state index contributed by atoms with van der Waals surface area (Å²) < 4.78 is 0. The lowest BCUT2D eigenvalue weighted by Crippen LogP contribution is -2.53. The van der Waals surface area contributed by atoms with Crippen LogP contribution in [0.1, 0.15) is 76.2 Å². The largest absolute Gasteiger partial charge is 0.346 e. The van der Waals surface area contributed by atoms with Gasteiger partial charge in [-0.25, -0.2) is 0 Å². The summed E-state index contributed by atoms with van der Waals surface area (Å²) in [6.45, 7) is 6.11. The van der Waals surface area contributed by atoms with Crippen molar-refractivity contribution in [2.45, 2.75) is 82.7 Å². The van der Waals surface area contributed by atoms with Gasteiger partial charge in [-0.1, -0.05) is 69.0 Å². The molecule has 1 aromatic rings. The van der Waals surface area contributed by atoms with Gasteiger partial charge in [0.15, 0.2) is 0 Å². The second kappa shape index (κ2) is 13.2. The maximum absolute atomic E-state index is 13.5. The second-order valence-electron chi connectivity index (χ2n) is 9.83. The van der Waals surface area contributed by atoms with Crippen LogP contribution in [-0.2, 0) is 19.2 Å². The molecule has 1 aliphatic heterocycles. The Bertz CT molecular complexity index is 895. The Labute approximate surface area is 208 Å². The molecule has 2 aliphatic rings. The van der Waals surface area contributed by atoms with E-state index in [2.05, 4.69) is 17.2 Å². The third-order valence-corrected chi connectivity index (χ3v) is 7.22. The van der Waals surface area contributed by atoms with Crippen molar-refractivity contribution in [3.8, 4) is 0 Å². The number of benzene rings is 1. The number of nitrogens with one attached hydrogen (secondary N) is 2. The van der Waals surface area contributed by atoms with Gasteiger partial charge >= 0.3 is 0 Å². The van der Waals surface area contributed by atoms with Crippen LogP contribution in [0, 0.1) is 5.92 Å². The van der Waals surface area contributed by atoms with E-state index in [-0.39, 0.29) is 24.3 Å². The van der Waals surface area contributed by atoms with Gasteiger partial charge in [0.25, 0.3) is 5.91 Å². The topological polar surface area (TPSA) is 95.6 Å². The van der Waals surface area contributed by atoms with E-state index in [1.807, 2.05) is 37.3 Å². The van der Waals surface area contributed by atoms with Crippen LogP contribution in [-0.4, -0.2) is 53.6 Å². The number of rotatable bonds is 11. The molecule has 7 nitrogen and oxygen atoms in total. The quantitative estimate of drug-likeness (QED) is 0.374. The highest BCUT2D eigenvalue weighted by Crippen LogP contribution is 2.34. The van der Waals surface area contributed by atoms with Crippen LogP contribution in [0.5, 0.6) is 0 Å². The Balaban J connectivity index is 1.75. The molecule has 190 valence electrons. The molecule has 3 atom stereocenters. The minimum absolute atomic E-state index is 0.0116. The third kappa shape index (κ3) is 7.26. The van der Waals surface area contributed by atoms with Crippen molar-refractivity contribution in [2.75, 3.05) is 13.1 Å². The normalized spacial score (nSPS) is 21.2. The van der Waals surface area contributed by atoms with Gasteiger partial charge < -0.3 is 15.5 Å². The lowest BCUT2D eigenvalue weighted by molar-refractivity contribution is -0.142. The predicted octanol–water partition coefficient (Wildman–Crippen LogP) is 3.50. The molecule has 1 saturated heterocycles. The first-order valence-electron chi connectivity index (χ1n) is 13.0. The molecular weight excluding hydrogens is 442 g/mol. The fraction of sp³-hybridized carbons (Fsp3) is 0.571. The average molecular weight is 482 g/mol. The minimum Gasteiger partial charge on any atom is -0.346 e. The fourth-order valence-corrected chi connectivity index (χ4v) is 5.32. The molecule has 1 aliphatic carbocycles. The number of Topliss-reactive ketones (excluding diaryl/α,β-unsaturated/α-hetero) is 1. The third-order valence-electron chi connectivity index (χ3n) is 7.22. The number of hydrogen-bond acceptors (Lipinski definition) is 4. The van der Waals surface area contributed by atoms with Crippen molar-refractivity contribution in [1.82, 2.24) is 15.5 Å². The van der Waals surface area contributed by atoms with Gasteiger partial charge in [-0.05, 0) is 37.2 Å². The van der Waals surface area contributed by atoms with Crippen LogP contribution in [0.2, 0.25) is 0 Å². The fourth-order valence-electron chi connectivity index (χ4n) is 5.32. The second-order valence-corrected chi connectivity index (χ2v) is 9.83. The number of hydrogen-bond donors (Lipinski definition) is 2. The number of nitrogens with zero attached hydrogens (tertiary/aromatic N) is 1. The van der Waals surface area contributed by atoms with E-state index in [9.17, 15) is 19.2 Å². The predicted molar refractivity (Wildman–Crippen MR) is 136 cm³/mol. The van der Waals surface area contributed by atoms with E-state index >= 15 is 0 Å². The van der Waals surface area contributed by atoms with E-state index < -0.39 is 23.8 Å². The Morgan fingerprint density at radius 1 is 1.11 bits per heavy atom. The average Bonchev–Trinajstić information content (AvgIpc) is 3.34. The highest BCUT2D eigenvalue weighted by atomic mass is 16.2. The van der Waals surface area contributed by atoms with Crippen molar-refractivity contribution in [1.29, 1.82) is 0 Å². The highest BCUT2D eigenvalue weighted by molar-refractivity contribution is 6.38. The maximum Gasteiger partial charge on any atom is 0.289 e. The molecule has 2 N–H and O–H groups in total. The van der Waals surface area contributed by atoms with Gasteiger partial charge in [0.2, 0.25) is 17.6 Å². The van der Waals surface area contributed by atoms with Gasteiger partial charge in [-0.3, -0.25) is 19.2 Å². The SMILES string of the molecule is C=CCNC(=O)C(=O)C(CCC)NC(=O)C1CC(c2ccccc2)CN1C(=O)CC1CCCCC1. The Kier molecular flexibility index (Phi) is 10.1. The van der Waals surface area contributed by atoms with Crippen molar-refractivity contribution < 1.29 is 19.2 Å². The van der Waals surface area contributed by atoms with Gasteiger partial charge in [-0.15, -0.1) is 6.58 Å². The molecule has 7 heteroatoms. The van der Waals surface area contributed by atoms with Crippen LogP contribution in [0.3, 0.4) is 0 Å². The summed E-state index contributed by atoms with van der Waals surface area (Å²) in [5.41, 5.74) is 1.10. The smallest absolute Gasteiger partial charge is 0.289 e. The van der Waals surface area contributed by atoms with Gasteiger partial charge in [0.1, 0.15) is 6.04 Å². The maximum atomic E-state index is 13.5. The zero-order valence-corrected chi connectivity index (χ0v) is 20.8. The van der Waals surface area contributed by atoms with Crippen LogP contribution in [0.15, 0.2) is 43.0 Å². The zero-order valence-electron chi connectivity index (χ0n) is 20.8. The highest BCUT2D eigenvalue weighted by Gasteiger charge is 2.41. The van der Waals surface area contributed by atoms with Crippen molar-refractivity contribution in [3.05, 3.63) is 48.6 Å². The molecular formula is C28H39N3O4. The molecule has 0 radical (unpaired) electrons. The standard InChI is InChI=1S/C28H39N3O4/c1-3-11-23(26(33)28(35)29-16-4-2)30-27(34)24-18-22(21-14-9-6-10-15-21)19-31(24)25(32)17-20-12-7-5-8-13-20/h4,6,9-10,14-15,20,22-24H,2-3,5,7-8,11-13,16-19H2,1H3,(H,29,35)(H,30,34). The number of amides is 3. The van der Waals surface area contributed by atoms with Crippen molar-refractivity contribution in [3.63, 3.8) is 0 Å². The van der Waals surface area contributed by atoms with E-state index in [1.54, 1.807) is 4.90 Å². The molecule has 0 spiro atoms. The van der Waals surface area contributed by atoms with Crippen LogP contribution < -0.4 is 10.6 Å². The molecule has 1 saturated carbocycles. The summed E-state index contributed by atoms with van der Waals surface area (Å²) in [5, 5.41) is 5.30. The Morgan fingerprint density at radius 3 is 2.49 bits per heavy atom. The molecule has 3 unspecified atom stereocenters. The molecule has 3 amide bonds. The summed E-state index contributed by atoms with van der Waals surface area (Å²) in [5.74, 6) is -1.32. The monoisotopic (exact) mass is 481 g/mol. The first-order valence-corrected chi connectivity index (χ1v) is 13.0.